The highest BCUT2D eigenvalue weighted by molar-refractivity contribution is 7.15. The summed E-state index contributed by atoms with van der Waals surface area (Å²) < 4.78 is 10.6. The third-order valence-electron chi connectivity index (χ3n) is 4.95. The Bertz CT molecular complexity index is 957. The fourth-order valence-electron chi connectivity index (χ4n) is 3.41. The lowest BCUT2D eigenvalue weighted by Gasteiger charge is -2.17. The van der Waals surface area contributed by atoms with Crippen LogP contribution in [0.25, 0.3) is 10.4 Å². The summed E-state index contributed by atoms with van der Waals surface area (Å²) in [6, 6.07) is 11.2. The molecule has 1 unspecified atom stereocenters. The monoisotopic (exact) mass is 411 g/mol. The molecule has 150 valence electrons. The molecule has 1 amide bonds. The highest BCUT2D eigenvalue weighted by Gasteiger charge is 2.24. The van der Waals surface area contributed by atoms with Crippen LogP contribution >= 0.6 is 11.3 Å². The summed E-state index contributed by atoms with van der Waals surface area (Å²) in [5.74, 6) is -0.537. The number of ether oxygens (including phenoxy) is 2. The Kier molecular flexibility index (Phi) is 5.90. The fourth-order valence-corrected chi connectivity index (χ4v) is 4.46. The van der Waals surface area contributed by atoms with E-state index in [0.29, 0.717) is 31.7 Å². The van der Waals surface area contributed by atoms with Crippen molar-refractivity contribution in [2.45, 2.75) is 31.6 Å². The lowest BCUT2D eigenvalue weighted by Crippen LogP contribution is -2.46. The van der Waals surface area contributed by atoms with Crippen LogP contribution in [-0.4, -0.2) is 43.7 Å². The number of nitrogens with zero attached hydrogens (tertiary/aromatic N) is 1. The zero-order chi connectivity index (χ0) is 20.2. The van der Waals surface area contributed by atoms with Crippen LogP contribution in [0.5, 0.6) is 0 Å². The van der Waals surface area contributed by atoms with Gasteiger partial charge < -0.3 is 20.1 Å². The summed E-state index contributed by atoms with van der Waals surface area (Å²) in [5, 5.41) is 15.4. The minimum Gasteiger partial charge on any atom is -0.457 e. The maximum atomic E-state index is 12.4. The summed E-state index contributed by atoms with van der Waals surface area (Å²) in [6.07, 6.45) is 0.732. The summed E-state index contributed by atoms with van der Waals surface area (Å²) in [6.45, 7) is 2.12. The zero-order valence-electron chi connectivity index (χ0n) is 15.8. The molecule has 2 aromatic rings. The van der Waals surface area contributed by atoms with Crippen LogP contribution in [0.2, 0.25) is 0 Å². The number of hydrogen-bond donors (Lipinski definition) is 2. The number of amides is 1. The van der Waals surface area contributed by atoms with Crippen molar-refractivity contribution in [3.05, 3.63) is 46.3 Å². The molecule has 7 nitrogen and oxygen atoms in total. The molecule has 2 atom stereocenters. The van der Waals surface area contributed by atoms with E-state index in [1.165, 1.54) is 0 Å². The molecule has 29 heavy (non-hydrogen) atoms. The number of benzene rings is 1. The van der Waals surface area contributed by atoms with Crippen LogP contribution in [0.4, 0.5) is 0 Å². The maximum absolute atomic E-state index is 12.4. The van der Waals surface area contributed by atoms with Gasteiger partial charge in [0.2, 0.25) is 0 Å². The number of cyclic esters (lactones) is 1. The van der Waals surface area contributed by atoms with Crippen molar-refractivity contribution in [3.63, 3.8) is 0 Å². The van der Waals surface area contributed by atoms with Crippen molar-refractivity contribution in [2.75, 3.05) is 19.7 Å². The second-order valence-corrected chi connectivity index (χ2v) is 8.19. The minimum atomic E-state index is -0.619. The molecular formula is C21H21N3O4S. The van der Waals surface area contributed by atoms with Gasteiger partial charge in [-0.1, -0.05) is 6.07 Å². The normalized spacial score (nSPS) is 19.6. The second kappa shape index (κ2) is 8.74. The Morgan fingerprint density at radius 2 is 2.28 bits per heavy atom. The standard InChI is InChI=1S/C21H21N3O4S/c22-10-15(24-20(25)18-11-23-6-1-7-27-18)9-16-3-5-19(29-16)13-2-4-17-14(8-13)12-28-21(17)26/h2-5,8,15,18,23H,1,6-7,9,11-12H2,(H,24,25)/t15-,18?/m1/s1. The first-order chi connectivity index (χ1) is 14.1. The van der Waals surface area contributed by atoms with Crippen LogP contribution < -0.4 is 10.6 Å². The quantitative estimate of drug-likeness (QED) is 0.730. The molecule has 0 spiro atoms. The molecule has 3 heterocycles. The Balaban J connectivity index is 1.40. The van der Waals surface area contributed by atoms with Gasteiger partial charge in [0.05, 0.1) is 11.6 Å². The Morgan fingerprint density at radius 1 is 1.38 bits per heavy atom. The number of carbonyl (C=O) groups excluding carboxylic acids is 2. The van der Waals surface area contributed by atoms with Gasteiger partial charge in [-0.15, -0.1) is 11.3 Å². The lowest BCUT2D eigenvalue weighted by atomic mass is 10.1. The van der Waals surface area contributed by atoms with E-state index in [9.17, 15) is 14.9 Å². The van der Waals surface area contributed by atoms with Gasteiger partial charge in [-0.25, -0.2) is 4.79 Å². The molecule has 0 bridgehead atoms. The number of nitrogens with one attached hydrogen (secondary N) is 2. The van der Waals surface area contributed by atoms with E-state index in [1.807, 2.05) is 24.3 Å². The Morgan fingerprint density at radius 3 is 3.14 bits per heavy atom. The van der Waals surface area contributed by atoms with E-state index in [2.05, 4.69) is 16.7 Å². The van der Waals surface area contributed by atoms with Gasteiger partial charge in [-0.2, -0.15) is 5.26 Å². The van der Waals surface area contributed by atoms with Crippen molar-refractivity contribution in [3.8, 4) is 16.5 Å². The summed E-state index contributed by atoms with van der Waals surface area (Å²) >= 11 is 1.57. The first kappa shape index (κ1) is 19.6. The summed E-state index contributed by atoms with van der Waals surface area (Å²) in [4.78, 5) is 26.0. The summed E-state index contributed by atoms with van der Waals surface area (Å²) in [7, 11) is 0. The second-order valence-electron chi connectivity index (χ2n) is 7.03. The van der Waals surface area contributed by atoms with Gasteiger partial charge in [0.1, 0.15) is 18.8 Å². The molecule has 0 aliphatic carbocycles. The van der Waals surface area contributed by atoms with Gasteiger partial charge in [0, 0.05) is 34.9 Å². The van der Waals surface area contributed by atoms with Crippen molar-refractivity contribution in [1.82, 2.24) is 10.6 Å². The highest BCUT2D eigenvalue weighted by Crippen LogP contribution is 2.32. The largest absolute Gasteiger partial charge is 0.457 e. The van der Waals surface area contributed by atoms with Gasteiger partial charge in [-0.05, 0) is 42.8 Å². The average molecular weight is 411 g/mol. The molecule has 2 N–H and O–H groups in total. The van der Waals surface area contributed by atoms with Gasteiger partial charge in [0.15, 0.2) is 0 Å². The predicted octanol–water partition coefficient (Wildman–Crippen LogP) is 2.01. The lowest BCUT2D eigenvalue weighted by molar-refractivity contribution is -0.132. The van der Waals surface area contributed by atoms with Crippen molar-refractivity contribution < 1.29 is 19.1 Å². The number of thiophene rings is 1. The first-order valence-corrected chi connectivity index (χ1v) is 10.4. The molecule has 1 saturated heterocycles. The molecule has 0 saturated carbocycles. The Hall–Kier alpha value is -2.73. The van der Waals surface area contributed by atoms with E-state index in [0.717, 1.165) is 33.8 Å². The minimum absolute atomic E-state index is 0.258. The smallest absolute Gasteiger partial charge is 0.338 e. The number of carbonyl (C=O) groups is 2. The van der Waals surface area contributed by atoms with Crippen molar-refractivity contribution in [2.24, 2.45) is 0 Å². The molecule has 1 fully saturated rings. The molecule has 2 aliphatic heterocycles. The number of nitriles is 1. The fraction of sp³-hybridized carbons (Fsp3) is 0.381. The number of esters is 1. The van der Waals surface area contributed by atoms with Gasteiger partial charge in [-0.3, -0.25) is 4.79 Å². The van der Waals surface area contributed by atoms with E-state index in [1.54, 1.807) is 17.4 Å². The van der Waals surface area contributed by atoms with Crippen LogP contribution in [-0.2, 0) is 27.3 Å². The molecule has 0 radical (unpaired) electrons. The SMILES string of the molecule is N#C[C@@H](Cc1ccc(-c2ccc3c(c2)COC3=O)s1)NC(=O)C1CNCCCO1. The Labute approximate surface area is 172 Å². The number of hydrogen-bond acceptors (Lipinski definition) is 7. The zero-order valence-corrected chi connectivity index (χ0v) is 16.6. The highest BCUT2D eigenvalue weighted by atomic mass is 32.1. The average Bonchev–Trinajstić information content (AvgIpc) is 3.24. The van der Waals surface area contributed by atoms with E-state index < -0.39 is 12.1 Å². The van der Waals surface area contributed by atoms with Crippen LogP contribution in [0.15, 0.2) is 30.3 Å². The topological polar surface area (TPSA) is 100 Å². The van der Waals surface area contributed by atoms with E-state index in [-0.39, 0.29) is 11.9 Å². The van der Waals surface area contributed by atoms with Crippen molar-refractivity contribution in [1.29, 1.82) is 5.26 Å². The number of rotatable bonds is 5. The molecule has 2 aliphatic rings. The molecule has 8 heteroatoms. The van der Waals surface area contributed by atoms with Gasteiger partial charge >= 0.3 is 5.97 Å². The third-order valence-corrected chi connectivity index (χ3v) is 6.10. The molecule has 1 aromatic heterocycles. The van der Waals surface area contributed by atoms with Crippen LogP contribution in [0.1, 0.15) is 27.2 Å². The van der Waals surface area contributed by atoms with Crippen molar-refractivity contribution >= 4 is 23.2 Å². The van der Waals surface area contributed by atoms with Crippen LogP contribution in [0, 0.1) is 11.3 Å². The molecular weight excluding hydrogens is 390 g/mol. The third kappa shape index (κ3) is 4.48. The predicted molar refractivity (Wildman–Crippen MR) is 107 cm³/mol. The van der Waals surface area contributed by atoms with E-state index >= 15 is 0 Å². The number of fused-ring (bicyclic) bond motifs is 1. The first-order valence-electron chi connectivity index (χ1n) is 9.55. The van der Waals surface area contributed by atoms with Gasteiger partial charge in [0.25, 0.3) is 5.91 Å². The molecule has 4 rings (SSSR count). The molecule has 1 aromatic carbocycles. The summed E-state index contributed by atoms with van der Waals surface area (Å²) in [5.41, 5.74) is 2.52. The van der Waals surface area contributed by atoms with E-state index in [4.69, 9.17) is 9.47 Å². The maximum Gasteiger partial charge on any atom is 0.338 e. The van der Waals surface area contributed by atoms with Crippen LogP contribution in [0.3, 0.4) is 0 Å².